The van der Waals surface area contributed by atoms with Crippen molar-refractivity contribution in [2.45, 2.75) is 12.1 Å². The third-order valence-electron chi connectivity index (χ3n) is 3.53. The molecule has 8 heteroatoms. The highest BCUT2D eigenvalue weighted by Gasteiger charge is 2.55. The highest BCUT2D eigenvalue weighted by molar-refractivity contribution is 5.90. The molecular weight excluding hydrogens is 282 g/mol. The monoisotopic (exact) mass is 297 g/mol. The summed E-state index contributed by atoms with van der Waals surface area (Å²) in [7, 11) is 2.31. The molecule has 1 saturated heterocycles. The first-order chi connectivity index (χ1) is 10.0. The Bertz CT molecular complexity index is 539. The number of rotatable bonds is 4. The molecule has 114 valence electrons. The van der Waals surface area contributed by atoms with Gasteiger partial charge in [-0.1, -0.05) is 0 Å². The molecule has 21 heavy (non-hydrogen) atoms. The van der Waals surface area contributed by atoms with E-state index in [0.717, 1.165) is 7.11 Å². The largest absolute Gasteiger partial charge is 0.480 e. The fourth-order valence-electron chi connectivity index (χ4n) is 2.61. The summed E-state index contributed by atoms with van der Waals surface area (Å²) in [6.45, 7) is 0. The third-order valence-corrected chi connectivity index (χ3v) is 3.53. The number of esters is 2. The number of carboxylic acids is 1. The second kappa shape index (κ2) is 5.96. The van der Waals surface area contributed by atoms with Crippen LogP contribution in [0.3, 0.4) is 0 Å². The number of hydrogen-bond donors (Lipinski definition) is 2. The number of carbonyl (C=O) groups is 3. The van der Waals surface area contributed by atoms with Crippen molar-refractivity contribution in [3.05, 3.63) is 24.2 Å². The molecule has 4 atom stereocenters. The van der Waals surface area contributed by atoms with Crippen molar-refractivity contribution in [1.82, 2.24) is 5.32 Å². The van der Waals surface area contributed by atoms with Crippen LogP contribution in [0.5, 0.6) is 0 Å². The Hall–Kier alpha value is -2.35. The first kappa shape index (κ1) is 15.0. The molecular formula is C13H15NO7. The van der Waals surface area contributed by atoms with Crippen LogP contribution in [-0.4, -0.2) is 43.3 Å². The Morgan fingerprint density at radius 1 is 1.19 bits per heavy atom. The second-order valence-electron chi connectivity index (χ2n) is 4.57. The second-order valence-corrected chi connectivity index (χ2v) is 4.57. The van der Waals surface area contributed by atoms with E-state index < -0.39 is 41.8 Å². The predicted octanol–water partition coefficient (Wildman–Crippen LogP) is -0.0445. The number of carboxylic acid groups (broad SMARTS) is 1. The van der Waals surface area contributed by atoms with Crippen LogP contribution < -0.4 is 5.32 Å². The van der Waals surface area contributed by atoms with Gasteiger partial charge in [0.2, 0.25) is 0 Å². The van der Waals surface area contributed by atoms with Gasteiger partial charge in [-0.3, -0.25) is 19.7 Å². The minimum absolute atomic E-state index is 0.350. The molecule has 2 heterocycles. The molecule has 1 fully saturated rings. The summed E-state index contributed by atoms with van der Waals surface area (Å²) < 4.78 is 14.5. The molecule has 0 aromatic carbocycles. The number of hydrogen-bond acceptors (Lipinski definition) is 7. The first-order valence-electron chi connectivity index (χ1n) is 6.19. The average Bonchev–Trinajstić information content (AvgIpc) is 3.11. The molecule has 0 aliphatic carbocycles. The van der Waals surface area contributed by atoms with E-state index in [9.17, 15) is 19.5 Å². The quantitative estimate of drug-likeness (QED) is 0.744. The molecule has 0 spiro atoms. The van der Waals surface area contributed by atoms with E-state index in [2.05, 4.69) is 10.1 Å². The molecule has 0 radical (unpaired) electrons. The Labute approximate surface area is 120 Å². The summed E-state index contributed by atoms with van der Waals surface area (Å²) >= 11 is 0. The number of ether oxygens (including phenoxy) is 2. The van der Waals surface area contributed by atoms with Crippen molar-refractivity contribution in [3.8, 4) is 0 Å². The zero-order chi connectivity index (χ0) is 15.6. The van der Waals surface area contributed by atoms with Crippen LogP contribution in [0.1, 0.15) is 11.8 Å². The number of methoxy groups -OCH3 is 2. The maximum Gasteiger partial charge on any atom is 0.321 e. The lowest BCUT2D eigenvalue weighted by molar-refractivity contribution is -0.159. The molecule has 8 nitrogen and oxygen atoms in total. The van der Waals surface area contributed by atoms with Gasteiger partial charge in [0.05, 0.1) is 38.4 Å². The number of carbonyl (C=O) groups excluding carboxylic acids is 2. The summed E-state index contributed by atoms with van der Waals surface area (Å²) in [5, 5.41) is 12.0. The summed E-state index contributed by atoms with van der Waals surface area (Å²) in [4.78, 5) is 35.3. The lowest BCUT2D eigenvalue weighted by atomic mass is 9.86. The van der Waals surface area contributed by atoms with E-state index in [4.69, 9.17) is 9.15 Å². The van der Waals surface area contributed by atoms with Gasteiger partial charge in [0, 0.05) is 0 Å². The zero-order valence-corrected chi connectivity index (χ0v) is 11.4. The molecule has 1 aromatic heterocycles. The van der Waals surface area contributed by atoms with Gasteiger partial charge in [-0.15, -0.1) is 0 Å². The van der Waals surface area contributed by atoms with Crippen LogP contribution in [0.2, 0.25) is 0 Å². The summed E-state index contributed by atoms with van der Waals surface area (Å²) in [6.07, 6.45) is 1.40. The van der Waals surface area contributed by atoms with Crippen LogP contribution in [0, 0.1) is 11.8 Å². The van der Waals surface area contributed by atoms with Crippen molar-refractivity contribution in [2.75, 3.05) is 14.2 Å². The maximum absolute atomic E-state index is 12.0. The van der Waals surface area contributed by atoms with Crippen molar-refractivity contribution < 1.29 is 33.4 Å². The number of furan rings is 1. The van der Waals surface area contributed by atoms with E-state index in [0.29, 0.717) is 5.76 Å². The van der Waals surface area contributed by atoms with Gasteiger partial charge in [0.25, 0.3) is 0 Å². The molecule has 1 aliphatic heterocycles. The minimum atomic E-state index is -1.27. The topological polar surface area (TPSA) is 115 Å². The van der Waals surface area contributed by atoms with Crippen LogP contribution in [-0.2, 0) is 23.9 Å². The summed E-state index contributed by atoms with van der Waals surface area (Å²) in [6, 6.07) is 1.15. The van der Waals surface area contributed by atoms with E-state index >= 15 is 0 Å². The van der Waals surface area contributed by atoms with E-state index in [1.54, 1.807) is 12.1 Å². The molecule has 0 bridgehead atoms. The molecule has 2 N–H and O–H groups in total. The third kappa shape index (κ3) is 2.62. The van der Waals surface area contributed by atoms with Crippen LogP contribution in [0.4, 0.5) is 0 Å². The molecule has 0 amide bonds. The lowest BCUT2D eigenvalue weighted by Crippen LogP contribution is -2.41. The molecule has 0 saturated carbocycles. The van der Waals surface area contributed by atoms with Crippen molar-refractivity contribution in [3.63, 3.8) is 0 Å². The van der Waals surface area contributed by atoms with Crippen LogP contribution >= 0.6 is 0 Å². The highest BCUT2D eigenvalue weighted by Crippen LogP contribution is 2.39. The maximum atomic E-state index is 12.0. The predicted molar refractivity (Wildman–Crippen MR) is 67.0 cm³/mol. The lowest BCUT2D eigenvalue weighted by Gasteiger charge is -2.19. The summed E-state index contributed by atoms with van der Waals surface area (Å²) in [5.74, 6) is -4.65. The fourth-order valence-corrected chi connectivity index (χ4v) is 2.61. The van der Waals surface area contributed by atoms with Crippen molar-refractivity contribution in [1.29, 1.82) is 0 Å². The van der Waals surface area contributed by atoms with Crippen molar-refractivity contribution in [2.24, 2.45) is 11.8 Å². The number of aliphatic carboxylic acids is 1. The van der Waals surface area contributed by atoms with Gasteiger partial charge in [-0.2, -0.15) is 0 Å². The minimum Gasteiger partial charge on any atom is -0.480 e. The normalized spacial score (nSPS) is 28.1. The fraction of sp³-hybridized carbons (Fsp3) is 0.462. The van der Waals surface area contributed by atoms with Gasteiger partial charge in [0.15, 0.2) is 0 Å². The molecule has 1 unspecified atom stereocenters. The smallest absolute Gasteiger partial charge is 0.321 e. The van der Waals surface area contributed by atoms with Crippen molar-refractivity contribution >= 4 is 17.9 Å². The average molecular weight is 297 g/mol. The van der Waals surface area contributed by atoms with E-state index in [-0.39, 0.29) is 0 Å². The molecule has 2 rings (SSSR count). The highest BCUT2D eigenvalue weighted by atomic mass is 16.5. The van der Waals surface area contributed by atoms with Gasteiger partial charge in [-0.05, 0) is 12.1 Å². The Morgan fingerprint density at radius 2 is 1.81 bits per heavy atom. The summed E-state index contributed by atoms with van der Waals surface area (Å²) in [5.41, 5.74) is 0. The number of nitrogens with one attached hydrogen (secondary N) is 1. The van der Waals surface area contributed by atoms with Gasteiger partial charge < -0.3 is 19.0 Å². The van der Waals surface area contributed by atoms with Gasteiger partial charge in [0.1, 0.15) is 11.8 Å². The first-order valence-corrected chi connectivity index (χ1v) is 6.19. The molecule has 1 aliphatic rings. The standard InChI is InChI=1S/C13H15NO7/c1-19-12(17)7-8(13(18)20-2)10(11(15)16)14-9(7)6-4-3-5-21-6/h3-5,7-10,14H,1-2H3,(H,15,16)/t7-,8+,9?,10-/m0/s1. The van der Waals surface area contributed by atoms with Crippen LogP contribution in [0.15, 0.2) is 22.8 Å². The van der Waals surface area contributed by atoms with Gasteiger partial charge in [-0.25, -0.2) is 0 Å². The Morgan fingerprint density at radius 3 is 2.29 bits per heavy atom. The Balaban J connectivity index is 2.44. The van der Waals surface area contributed by atoms with Gasteiger partial charge >= 0.3 is 17.9 Å². The SMILES string of the molecule is COC(=O)[C@H]1[C@@H](C(=O)O)NC(c2ccco2)[C@H]1C(=O)OC. The van der Waals surface area contributed by atoms with E-state index in [1.165, 1.54) is 13.4 Å². The van der Waals surface area contributed by atoms with E-state index in [1.807, 2.05) is 0 Å². The van der Waals surface area contributed by atoms with Crippen LogP contribution in [0.25, 0.3) is 0 Å². The zero-order valence-electron chi connectivity index (χ0n) is 11.4. The Kier molecular flexibility index (Phi) is 4.27. The molecule has 1 aromatic rings.